The van der Waals surface area contributed by atoms with Gasteiger partial charge >= 0.3 is 0 Å². The minimum atomic E-state index is 0.139. The number of hydrogen-bond acceptors (Lipinski definition) is 4. The van der Waals surface area contributed by atoms with Gasteiger partial charge in [0.1, 0.15) is 11.4 Å². The molecule has 0 atom stereocenters. The molecule has 110 valence electrons. The molecule has 2 aromatic carbocycles. The van der Waals surface area contributed by atoms with Gasteiger partial charge in [-0.3, -0.25) is 0 Å². The van der Waals surface area contributed by atoms with Crippen LogP contribution in [0.5, 0.6) is 5.75 Å². The molecule has 0 saturated heterocycles. The van der Waals surface area contributed by atoms with Gasteiger partial charge in [0, 0.05) is 29.3 Å². The van der Waals surface area contributed by atoms with Gasteiger partial charge in [0.2, 0.25) is 0 Å². The molecule has 1 N–H and O–H groups in total. The largest absolute Gasteiger partial charge is 0.506 e. The van der Waals surface area contributed by atoms with Crippen LogP contribution in [-0.2, 0) is 0 Å². The Hall–Kier alpha value is -1.88. The Morgan fingerprint density at radius 3 is 2.24 bits per heavy atom. The Balaban J connectivity index is 2.19. The number of phenolic OH excluding ortho intramolecular Hbond substituents is 1. The number of azo groups is 1. The van der Waals surface area contributed by atoms with Crippen LogP contribution in [-0.4, -0.2) is 18.2 Å². The van der Waals surface area contributed by atoms with E-state index in [9.17, 15) is 5.11 Å². The first-order valence-electron chi connectivity index (χ1n) is 6.89. The smallest absolute Gasteiger partial charge is 0.145 e. The maximum absolute atomic E-state index is 10.1. The van der Waals surface area contributed by atoms with Gasteiger partial charge in [-0.05, 0) is 50.2 Å². The van der Waals surface area contributed by atoms with E-state index in [1.165, 1.54) is 0 Å². The molecule has 0 fully saturated rings. The molecule has 0 aliphatic rings. The molecule has 2 aromatic rings. The lowest BCUT2D eigenvalue weighted by molar-refractivity contribution is 0.476. The third-order valence-corrected chi connectivity index (χ3v) is 3.72. The van der Waals surface area contributed by atoms with Gasteiger partial charge in [-0.2, -0.15) is 5.11 Å². The highest BCUT2D eigenvalue weighted by atomic mass is 79.9. The van der Waals surface area contributed by atoms with Crippen LogP contribution in [0.2, 0.25) is 0 Å². The SMILES string of the molecule is CCN(CC)c1ccc(N=Nc2ccc(Br)cc2)c(O)c1. The summed E-state index contributed by atoms with van der Waals surface area (Å²) in [4.78, 5) is 2.16. The third-order valence-electron chi connectivity index (χ3n) is 3.19. The number of benzene rings is 2. The lowest BCUT2D eigenvalue weighted by Crippen LogP contribution is -2.21. The van der Waals surface area contributed by atoms with Crippen molar-refractivity contribution >= 4 is 33.0 Å². The van der Waals surface area contributed by atoms with Crippen LogP contribution >= 0.6 is 15.9 Å². The maximum Gasteiger partial charge on any atom is 0.145 e. The molecule has 0 aliphatic heterocycles. The van der Waals surface area contributed by atoms with Gasteiger partial charge in [-0.25, -0.2) is 0 Å². The van der Waals surface area contributed by atoms with Crippen LogP contribution in [0.15, 0.2) is 57.2 Å². The number of nitrogens with zero attached hydrogens (tertiary/aromatic N) is 3. The third kappa shape index (κ3) is 4.04. The van der Waals surface area contributed by atoms with E-state index in [0.717, 1.165) is 28.9 Å². The predicted octanol–water partition coefficient (Wildman–Crippen LogP) is 5.42. The summed E-state index contributed by atoms with van der Waals surface area (Å²) in [7, 11) is 0. The summed E-state index contributed by atoms with van der Waals surface area (Å²) >= 11 is 3.37. The molecule has 0 amide bonds. The van der Waals surface area contributed by atoms with Crippen molar-refractivity contribution in [3.63, 3.8) is 0 Å². The van der Waals surface area contributed by atoms with E-state index in [-0.39, 0.29) is 5.75 Å². The number of anilines is 1. The molecule has 0 aromatic heterocycles. The van der Waals surface area contributed by atoms with E-state index in [4.69, 9.17) is 0 Å². The summed E-state index contributed by atoms with van der Waals surface area (Å²) < 4.78 is 0.993. The highest BCUT2D eigenvalue weighted by Gasteiger charge is 2.06. The molecule has 0 saturated carbocycles. The van der Waals surface area contributed by atoms with E-state index >= 15 is 0 Å². The summed E-state index contributed by atoms with van der Waals surface area (Å²) in [6.45, 7) is 5.97. The summed E-state index contributed by atoms with van der Waals surface area (Å²) in [5.74, 6) is 0.139. The summed E-state index contributed by atoms with van der Waals surface area (Å²) in [5, 5.41) is 18.3. The van der Waals surface area contributed by atoms with Crippen molar-refractivity contribution in [3.8, 4) is 5.75 Å². The molecule has 0 radical (unpaired) electrons. The van der Waals surface area contributed by atoms with Crippen LogP contribution in [0.4, 0.5) is 17.1 Å². The van der Waals surface area contributed by atoms with Crippen molar-refractivity contribution in [2.75, 3.05) is 18.0 Å². The number of rotatable bonds is 5. The van der Waals surface area contributed by atoms with E-state index in [0.29, 0.717) is 5.69 Å². The minimum Gasteiger partial charge on any atom is -0.506 e. The number of hydrogen-bond donors (Lipinski definition) is 1. The Kier molecular flexibility index (Phi) is 5.33. The zero-order valence-corrected chi connectivity index (χ0v) is 13.7. The molecule has 0 heterocycles. The van der Waals surface area contributed by atoms with Crippen LogP contribution < -0.4 is 4.90 Å². The van der Waals surface area contributed by atoms with Crippen molar-refractivity contribution in [1.29, 1.82) is 0 Å². The van der Waals surface area contributed by atoms with Gasteiger partial charge in [-0.15, -0.1) is 5.11 Å². The van der Waals surface area contributed by atoms with Crippen LogP contribution in [0.25, 0.3) is 0 Å². The van der Waals surface area contributed by atoms with Gasteiger partial charge in [0.05, 0.1) is 5.69 Å². The molecule has 4 nitrogen and oxygen atoms in total. The van der Waals surface area contributed by atoms with Crippen LogP contribution in [0.3, 0.4) is 0 Å². The average Bonchev–Trinajstić information content (AvgIpc) is 2.49. The molecule has 0 spiro atoms. The second kappa shape index (κ2) is 7.22. The minimum absolute atomic E-state index is 0.139. The first kappa shape index (κ1) is 15.5. The maximum atomic E-state index is 10.1. The van der Waals surface area contributed by atoms with Gasteiger partial charge in [0.15, 0.2) is 0 Å². The predicted molar refractivity (Wildman–Crippen MR) is 90.0 cm³/mol. The van der Waals surface area contributed by atoms with E-state index in [1.54, 1.807) is 12.1 Å². The molecule has 21 heavy (non-hydrogen) atoms. The van der Waals surface area contributed by atoms with Crippen molar-refractivity contribution in [2.24, 2.45) is 10.2 Å². The van der Waals surface area contributed by atoms with Crippen molar-refractivity contribution in [2.45, 2.75) is 13.8 Å². The lowest BCUT2D eigenvalue weighted by atomic mass is 10.2. The Morgan fingerprint density at radius 1 is 1.00 bits per heavy atom. The summed E-state index contributed by atoms with van der Waals surface area (Å²) in [6.07, 6.45) is 0. The monoisotopic (exact) mass is 347 g/mol. The molecular weight excluding hydrogens is 330 g/mol. The second-order valence-electron chi connectivity index (χ2n) is 4.52. The van der Waals surface area contributed by atoms with E-state index < -0.39 is 0 Å². The molecule has 0 unspecified atom stereocenters. The number of phenols is 1. The fourth-order valence-corrected chi connectivity index (χ4v) is 2.27. The number of halogens is 1. The van der Waals surface area contributed by atoms with Crippen molar-refractivity contribution in [1.82, 2.24) is 0 Å². The Bertz CT molecular complexity index is 622. The van der Waals surface area contributed by atoms with Gasteiger partial charge < -0.3 is 10.0 Å². The van der Waals surface area contributed by atoms with Gasteiger partial charge in [-0.1, -0.05) is 15.9 Å². The zero-order chi connectivity index (χ0) is 15.2. The average molecular weight is 348 g/mol. The fourth-order valence-electron chi connectivity index (χ4n) is 2.00. The van der Waals surface area contributed by atoms with E-state index in [1.807, 2.05) is 30.3 Å². The van der Waals surface area contributed by atoms with E-state index in [2.05, 4.69) is 44.9 Å². The summed E-state index contributed by atoms with van der Waals surface area (Å²) in [6, 6.07) is 13.0. The van der Waals surface area contributed by atoms with Crippen molar-refractivity contribution in [3.05, 3.63) is 46.9 Å². The first-order chi connectivity index (χ1) is 10.1. The van der Waals surface area contributed by atoms with Crippen molar-refractivity contribution < 1.29 is 5.11 Å². The summed E-state index contributed by atoms with van der Waals surface area (Å²) in [5.41, 5.74) is 2.19. The molecule has 5 heteroatoms. The zero-order valence-electron chi connectivity index (χ0n) is 12.1. The van der Waals surface area contributed by atoms with Crippen LogP contribution in [0, 0.1) is 0 Å². The Morgan fingerprint density at radius 2 is 1.67 bits per heavy atom. The van der Waals surface area contributed by atoms with Gasteiger partial charge in [0.25, 0.3) is 0 Å². The molecular formula is C16H18BrN3O. The standard InChI is InChI=1S/C16H18BrN3O/c1-3-20(4-2)14-9-10-15(16(21)11-14)19-18-13-7-5-12(17)6-8-13/h5-11,21H,3-4H2,1-2H3. The first-order valence-corrected chi connectivity index (χ1v) is 7.68. The lowest BCUT2D eigenvalue weighted by Gasteiger charge is -2.21. The highest BCUT2D eigenvalue weighted by Crippen LogP contribution is 2.32. The molecule has 0 aliphatic carbocycles. The second-order valence-corrected chi connectivity index (χ2v) is 5.44. The molecule has 2 rings (SSSR count). The van der Waals surface area contributed by atoms with Crippen LogP contribution in [0.1, 0.15) is 13.8 Å². The fraction of sp³-hybridized carbons (Fsp3) is 0.250. The normalized spacial score (nSPS) is 11.0. The number of aromatic hydroxyl groups is 1. The Labute approximate surface area is 133 Å². The quantitative estimate of drug-likeness (QED) is 0.734. The highest BCUT2D eigenvalue weighted by molar-refractivity contribution is 9.10. The molecule has 0 bridgehead atoms. The topological polar surface area (TPSA) is 48.2 Å².